The molecule has 1 saturated carbocycles. The summed E-state index contributed by atoms with van der Waals surface area (Å²) in [6.07, 6.45) is 18.8. The number of fused-ring (bicyclic) bond motifs is 1. The highest BCUT2D eigenvalue weighted by atomic mass is 16.5. The van der Waals surface area contributed by atoms with Gasteiger partial charge in [0, 0.05) is 36.2 Å². The lowest BCUT2D eigenvalue weighted by Crippen LogP contribution is -2.44. The van der Waals surface area contributed by atoms with Crippen molar-refractivity contribution in [2.75, 3.05) is 25.9 Å². The second kappa shape index (κ2) is 11.2. The minimum atomic E-state index is 0.0658. The van der Waals surface area contributed by atoms with Crippen LogP contribution < -0.4 is 15.8 Å². The first-order valence-corrected chi connectivity index (χ1v) is 14.3. The van der Waals surface area contributed by atoms with Gasteiger partial charge in [0.1, 0.15) is 29.6 Å². The van der Waals surface area contributed by atoms with E-state index in [0.717, 1.165) is 85.9 Å². The lowest BCUT2D eigenvalue weighted by atomic mass is 9.89. The number of nitrogens with two attached hydrogens (primary N) is 1. The average Bonchev–Trinajstić information content (AvgIpc) is 3.36. The summed E-state index contributed by atoms with van der Waals surface area (Å²) in [5.74, 6) is 1.73. The standard InChI is InChI=1S/C31H38N6O2/c1-36-17-15-22(16-18-36)31(38)35-23-9-11-24(12-10-23)37-19-27(28-29(32)33-20-34-30(28)37)21-7-13-26(14-8-21)39-25-5-3-2-4-6-25/h2-5,7-8,13-14,19-20,22-25H,6,9-12,15-18H2,1H3,(H,35,38)(H2,32,33,34). The molecule has 8 heteroatoms. The quantitative estimate of drug-likeness (QED) is 0.475. The summed E-state index contributed by atoms with van der Waals surface area (Å²) in [6, 6.07) is 8.75. The SMILES string of the molecule is CN1CCC(C(=O)NC2CCC(n3cc(-c4ccc(OC5C=CC=CC5)cc4)c4c(N)ncnc43)CC2)CC1. The Morgan fingerprint density at radius 2 is 1.79 bits per heavy atom. The van der Waals surface area contributed by atoms with Gasteiger partial charge >= 0.3 is 0 Å². The number of carbonyl (C=O) groups excluding carboxylic acids is 1. The van der Waals surface area contributed by atoms with E-state index < -0.39 is 0 Å². The van der Waals surface area contributed by atoms with E-state index in [1.807, 2.05) is 24.3 Å². The molecule has 0 radical (unpaired) electrons. The van der Waals surface area contributed by atoms with Crippen LogP contribution in [0.25, 0.3) is 22.2 Å². The van der Waals surface area contributed by atoms with Crippen molar-refractivity contribution in [2.45, 2.75) is 63.1 Å². The number of nitrogen functional groups attached to an aromatic ring is 1. The van der Waals surface area contributed by atoms with E-state index >= 15 is 0 Å². The highest BCUT2D eigenvalue weighted by Crippen LogP contribution is 2.38. The molecule has 39 heavy (non-hydrogen) atoms. The summed E-state index contributed by atoms with van der Waals surface area (Å²) in [4.78, 5) is 24.1. The Hall–Kier alpha value is -3.65. The molecular weight excluding hydrogens is 488 g/mol. The number of anilines is 1. The van der Waals surface area contributed by atoms with E-state index in [2.05, 4.69) is 62.3 Å². The zero-order valence-electron chi connectivity index (χ0n) is 22.6. The van der Waals surface area contributed by atoms with Crippen LogP contribution in [0.15, 0.2) is 61.1 Å². The first kappa shape index (κ1) is 25.6. The van der Waals surface area contributed by atoms with Gasteiger partial charge in [0.2, 0.25) is 5.91 Å². The Morgan fingerprint density at radius 3 is 2.51 bits per heavy atom. The Balaban J connectivity index is 1.16. The fraction of sp³-hybridized carbons (Fsp3) is 0.452. The lowest BCUT2D eigenvalue weighted by Gasteiger charge is -2.33. The van der Waals surface area contributed by atoms with Crippen molar-refractivity contribution >= 4 is 22.8 Å². The minimum absolute atomic E-state index is 0.0658. The number of amides is 1. The second-order valence-electron chi connectivity index (χ2n) is 11.2. The van der Waals surface area contributed by atoms with Crippen LogP contribution in [0.4, 0.5) is 5.82 Å². The number of allylic oxidation sites excluding steroid dienone is 2. The van der Waals surface area contributed by atoms with E-state index in [0.29, 0.717) is 11.9 Å². The van der Waals surface area contributed by atoms with Gasteiger partial charge in [-0.2, -0.15) is 0 Å². The Bertz CT molecular complexity index is 1360. The normalized spacial score (nSPS) is 24.2. The number of nitrogens with zero attached hydrogens (tertiary/aromatic N) is 4. The Kier molecular flexibility index (Phi) is 7.37. The third-order valence-corrected chi connectivity index (χ3v) is 8.56. The van der Waals surface area contributed by atoms with Gasteiger partial charge in [0.15, 0.2) is 0 Å². The Morgan fingerprint density at radius 1 is 1.03 bits per heavy atom. The molecule has 204 valence electrons. The van der Waals surface area contributed by atoms with Crippen LogP contribution in [-0.2, 0) is 4.79 Å². The number of aromatic nitrogens is 3. The van der Waals surface area contributed by atoms with Crippen LogP contribution in [-0.4, -0.2) is 57.6 Å². The molecule has 6 rings (SSSR count). The van der Waals surface area contributed by atoms with Crippen molar-refractivity contribution in [3.63, 3.8) is 0 Å². The van der Waals surface area contributed by atoms with Crippen LogP contribution >= 0.6 is 0 Å². The summed E-state index contributed by atoms with van der Waals surface area (Å²) in [5, 5.41) is 4.25. The van der Waals surface area contributed by atoms with Crippen LogP contribution in [0.2, 0.25) is 0 Å². The van der Waals surface area contributed by atoms with Crippen LogP contribution in [0, 0.1) is 5.92 Å². The summed E-state index contributed by atoms with van der Waals surface area (Å²) in [6.45, 7) is 2.01. The molecule has 1 aliphatic heterocycles. The number of ether oxygens (including phenoxy) is 1. The maximum atomic E-state index is 12.9. The molecular formula is C31H38N6O2. The number of hydrogen-bond donors (Lipinski definition) is 2. The van der Waals surface area contributed by atoms with E-state index in [1.165, 1.54) is 0 Å². The Labute approximate surface area is 229 Å². The molecule has 3 heterocycles. The maximum Gasteiger partial charge on any atom is 0.223 e. The molecule has 2 fully saturated rings. The predicted octanol–water partition coefficient (Wildman–Crippen LogP) is 4.89. The molecule has 2 aromatic heterocycles. The monoisotopic (exact) mass is 526 g/mol. The van der Waals surface area contributed by atoms with Crippen molar-refractivity contribution in [3.05, 3.63) is 61.1 Å². The summed E-state index contributed by atoms with van der Waals surface area (Å²) >= 11 is 0. The van der Waals surface area contributed by atoms with Gasteiger partial charge in [0.25, 0.3) is 0 Å². The number of hydrogen-bond acceptors (Lipinski definition) is 6. The number of nitrogens with one attached hydrogen (secondary N) is 1. The average molecular weight is 527 g/mol. The van der Waals surface area contributed by atoms with E-state index in [1.54, 1.807) is 6.33 Å². The number of carbonyl (C=O) groups is 1. The molecule has 3 N–H and O–H groups in total. The molecule has 1 atom stereocenters. The number of piperidine rings is 1. The molecule has 3 aromatic rings. The largest absolute Gasteiger partial charge is 0.486 e. The summed E-state index contributed by atoms with van der Waals surface area (Å²) < 4.78 is 8.39. The van der Waals surface area contributed by atoms with Gasteiger partial charge < -0.3 is 25.3 Å². The van der Waals surface area contributed by atoms with Gasteiger partial charge in [0.05, 0.1) is 5.39 Å². The number of rotatable bonds is 6. The third kappa shape index (κ3) is 5.57. The zero-order valence-corrected chi connectivity index (χ0v) is 22.6. The molecule has 8 nitrogen and oxygen atoms in total. The number of benzene rings is 1. The molecule has 0 bridgehead atoms. The van der Waals surface area contributed by atoms with Crippen molar-refractivity contribution in [3.8, 4) is 16.9 Å². The van der Waals surface area contributed by atoms with Crippen molar-refractivity contribution in [1.82, 2.24) is 24.8 Å². The van der Waals surface area contributed by atoms with Crippen molar-refractivity contribution in [2.24, 2.45) is 5.92 Å². The fourth-order valence-electron chi connectivity index (χ4n) is 6.23. The third-order valence-electron chi connectivity index (χ3n) is 8.56. The topological polar surface area (TPSA) is 98.3 Å². The molecule has 1 amide bonds. The second-order valence-corrected chi connectivity index (χ2v) is 11.2. The zero-order chi connectivity index (χ0) is 26.8. The van der Waals surface area contributed by atoms with Crippen molar-refractivity contribution < 1.29 is 9.53 Å². The van der Waals surface area contributed by atoms with Gasteiger partial charge in [-0.15, -0.1) is 0 Å². The molecule has 3 aliphatic rings. The van der Waals surface area contributed by atoms with E-state index in [9.17, 15) is 4.79 Å². The van der Waals surface area contributed by atoms with Crippen LogP contribution in [0.1, 0.15) is 51.0 Å². The summed E-state index contributed by atoms with van der Waals surface area (Å²) in [7, 11) is 2.13. The van der Waals surface area contributed by atoms with E-state index in [4.69, 9.17) is 10.5 Å². The maximum absolute atomic E-state index is 12.9. The van der Waals surface area contributed by atoms with E-state index in [-0.39, 0.29) is 24.0 Å². The fourth-order valence-corrected chi connectivity index (χ4v) is 6.23. The van der Waals surface area contributed by atoms with Crippen LogP contribution in [0.3, 0.4) is 0 Å². The molecule has 2 aliphatic carbocycles. The first-order chi connectivity index (χ1) is 19.0. The van der Waals surface area contributed by atoms with Gasteiger partial charge in [-0.05, 0) is 82.4 Å². The van der Waals surface area contributed by atoms with Crippen LogP contribution in [0.5, 0.6) is 5.75 Å². The highest BCUT2D eigenvalue weighted by Gasteiger charge is 2.29. The smallest absolute Gasteiger partial charge is 0.223 e. The molecule has 0 spiro atoms. The van der Waals surface area contributed by atoms with Gasteiger partial charge in [-0.3, -0.25) is 4.79 Å². The minimum Gasteiger partial charge on any atom is -0.486 e. The van der Waals surface area contributed by atoms with Crippen molar-refractivity contribution in [1.29, 1.82) is 0 Å². The van der Waals surface area contributed by atoms with Gasteiger partial charge in [-0.25, -0.2) is 9.97 Å². The lowest BCUT2D eigenvalue weighted by molar-refractivity contribution is -0.127. The molecule has 1 saturated heterocycles. The number of likely N-dealkylation sites (tertiary alicyclic amines) is 1. The first-order valence-electron chi connectivity index (χ1n) is 14.3. The molecule has 1 aromatic carbocycles. The highest BCUT2D eigenvalue weighted by molar-refractivity contribution is 6.00. The summed E-state index contributed by atoms with van der Waals surface area (Å²) in [5.41, 5.74) is 9.36. The van der Waals surface area contributed by atoms with Gasteiger partial charge in [-0.1, -0.05) is 30.4 Å². The molecule has 1 unspecified atom stereocenters. The predicted molar refractivity (Wildman–Crippen MR) is 154 cm³/mol.